The van der Waals surface area contributed by atoms with Crippen LogP contribution in [0.1, 0.15) is 19.8 Å². The smallest absolute Gasteiger partial charge is 0.471 e. The van der Waals surface area contributed by atoms with Crippen LogP contribution < -0.4 is 0 Å². The number of hydrogen-bond acceptors (Lipinski definition) is 3. The van der Waals surface area contributed by atoms with Crippen molar-refractivity contribution in [2.75, 3.05) is 19.7 Å². The number of hydrogen-bond donors (Lipinski definition) is 0. The fourth-order valence-electron chi connectivity index (χ4n) is 1.89. The van der Waals surface area contributed by atoms with Gasteiger partial charge in [-0.25, -0.2) is 0 Å². The minimum atomic E-state index is -4.84. The number of halogens is 3. The molecule has 4 nitrogen and oxygen atoms in total. The van der Waals surface area contributed by atoms with E-state index in [9.17, 15) is 22.8 Å². The van der Waals surface area contributed by atoms with Gasteiger partial charge in [0.15, 0.2) is 5.78 Å². The number of nitrogens with zero attached hydrogens (tertiary/aromatic N) is 1. The molecule has 1 saturated heterocycles. The van der Waals surface area contributed by atoms with Gasteiger partial charge in [-0.3, -0.25) is 9.59 Å². The van der Waals surface area contributed by atoms with Crippen LogP contribution in [0.2, 0.25) is 0 Å². The Morgan fingerprint density at radius 2 is 1.89 bits per heavy atom. The summed E-state index contributed by atoms with van der Waals surface area (Å²) >= 11 is 0. The molecule has 0 saturated carbocycles. The molecule has 7 heteroatoms. The molecule has 0 N–H and O–H groups in total. The number of amides is 1. The monoisotopic (exact) mass is 279 g/mol. The average Bonchev–Trinajstić information content (AvgIpc) is 2.37. The summed E-state index contributed by atoms with van der Waals surface area (Å²) in [6.07, 6.45) is -1.77. The number of allylic oxidation sites excluding steroid dienone is 1. The fourth-order valence-corrected chi connectivity index (χ4v) is 1.89. The minimum absolute atomic E-state index is 0.0444. The topological polar surface area (TPSA) is 46.6 Å². The first kappa shape index (κ1) is 15.5. The number of ether oxygens (including phenoxy) is 1. The number of carbonyl (C=O) groups is 2. The van der Waals surface area contributed by atoms with Crippen LogP contribution >= 0.6 is 0 Å². The third-order valence-electron chi connectivity index (χ3n) is 2.92. The number of ketones is 1. The van der Waals surface area contributed by atoms with Gasteiger partial charge in [0.05, 0.1) is 12.9 Å². The van der Waals surface area contributed by atoms with Crippen molar-refractivity contribution in [3.63, 3.8) is 0 Å². The molecule has 1 aliphatic heterocycles. The molecule has 0 aromatic heterocycles. The summed E-state index contributed by atoms with van der Waals surface area (Å²) in [6, 6.07) is 0. The summed E-state index contributed by atoms with van der Waals surface area (Å²) in [7, 11) is 0. The third kappa shape index (κ3) is 4.57. The Morgan fingerprint density at radius 3 is 2.37 bits per heavy atom. The highest BCUT2D eigenvalue weighted by atomic mass is 19.4. The van der Waals surface area contributed by atoms with Gasteiger partial charge in [0.1, 0.15) is 0 Å². The van der Waals surface area contributed by atoms with Crippen molar-refractivity contribution in [3.05, 3.63) is 12.3 Å². The molecule has 0 aromatic carbocycles. The van der Waals surface area contributed by atoms with Gasteiger partial charge in [-0.2, -0.15) is 13.2 Å². The van der Waals surface area contributed by atoms with Crippen LogP contribution in [0.5, 0.6) is 0 Å². The first-order valence-corrected chi connectivity index (χ1v) is 6.04. The summed E-state index contributed by atoms with van der Waals surface area (Å²) in [6.45, 7) is 2.13. The van der Waals surface area contributed by atoms with Gasteiger partial charge in [0.25, 0.3) is 0 Å². The summed E-state index contributed by atoms with van der Waals surface area (Å²) < 4.78 is 41.5. The molecule has 1 rings (SSSR count). The molecule has 0 aliphatic carbocycles. The molecule has 108 valence electrons. The van der Waals surface area contributed by atoms with E-state index in [2.05, 4.69) is 0 Å². The van der Waals surface area contributed by atoms with E-state index in [0.29, 0.717) is 6.61 Å². The number of rotatable bonds is 4. The average molecular weight is 279 g/mol. The first-order chi connectivity index (χ1) is 8.86. The van der Waals surface area contributed by atoms with E-state index in [4.69, 9.17) is 4.74 Å². The van der Waals surface area contributed by atoms with Gasteiger partial charge < -0.3 is 9.64 Å². The standard InChI is InChI=1S/C12H16F3NO3/c1-2-19-8-5-10(17)9-3-6-16(7-4-9)11(18)12(13,14)15/h5,8-9H,2-4,6-7H2,1H3/b8-5+. The number of likely N-dealkylation sites (tertiary alicyclic amines) is 1. The molecule has 1 aliphatic rings. The minimum Gasteiger partial charge on any atom is -0.501 e. The van der Waals surface area contributed by atoms with Crippen LogP contribution in [-0.4, -0.2) is 42.5 Å². The molecule has 1 fully saturated rings. The molecule has 1 amide bonds. The van der Waals surface area contributed by atoms with E-state index in [1.54, 1.807) is 6.92 Å². The van der Waals surface area contributed by atoms with E-state index in [1.807, 2.05) is 0 Å². The summed E-state index contributed by atoms with van der Waals surface area (Å²) in [5.74, 6) is -2.34. The zero-order valence-electron chi connectivity index (χ0n) is 10.6. The first-order valence-electron chi connectivity index (χ1n) is 6.04. The third-order valence-corrected chi connectivity index (χ3v) is 2.92. The van der Waals surface area contributed by atoms with Gasteiger partial charge in [0, 0.05) is 25.1 Å². The lowest BCUT2D eigenvalue weighted by atomic mass is 9.92. The van der Waals surface area contributed by atoms with Crippen molar-refractivity contribution < 1.29 is 27.5 Å². The molecular weight excluding hydrogens is 263 g/mol. The van der Waals surface area contributed by atoms with Crippen molar-refractivity contribution in [1.29, 1.82) is 0 Å². The summed E-state index contributed by atoms with van der Waals surface area (Å²) in [5, 5.41) is 0. The summed E-state index contributed by atoms with van der Waals surface area (Å²) in [5.41, 5.74) is 0. The normalized spacial score (nSPS) is 17.8. The van der Waals surface area contributed by atoms with E-state index in [-0.39, 0.29) is 37.6 Å². The molecule has 0 radical (unpaired) electrons. The molecule has 0 atom stereocenters. The van der Waals surface area contributed by atoms with Crippen LogP contribution in [0.3, 0.4) is 0 Å². The van der Waals surface area contributed by atoms with E-state index in [1.165, 1.54) is 12.3 Å². The van der Waals surface area contributed by atoms with Gasteiger partial charge in [0.2, 0.25) is 0 Å². The summed E-state index contributed by atoms with van der Waals surface area (Å²) in [4.78, 5) is 23.4. The molecule has 19 heavy (non-hydrogen) atoms. The molecule has 0 unspecified atom stereocenters. The maximum absolute atomic E-state index is 12.2. The molecule has 1 heterocycles. The van der Waals surface area contributed by atoms with Crippen molar-refractivity contribution in [2.24, 2.45) is 5.92 Å². The Kier molecular flexibility index (Phi) is 5.38. The van der Waals surface area contributed by atoms with E-state index in [0.717, 1.165) is 4.90 Å². The Hall–Kier alpha value is -1.53. The van der Waals surface area contributed by atoms with Crippen molar-refractivity contribution in [2.45, 2.75) is 25.9 Å². The van der Waals surface area contributed by atoms with Gasteiger partial charge >= 0.3 is 12.1 Å². The Bertz CT molecular complexity index is 358. The van der Waals surface area contributed by atoms with Gasteiger partial charge in [-0.1, -0.05) is 0 Å². The SMILES string of the molecule is CCO/C=C/C(=O)C1CCN(C(=O)C(F)(F)F)CC1. The Balaban J connectivity index is 2.45. The second-order valence-corrected chi connectivity index (χ2v) is 4.22. The lowest BCUT2D eigenvalue weighted by Crippen LogP contribution is -2.46. The number of piperidine rings is 1. The highest BCUT2D eigenvalue weighted by Crippen LogP contribution is 2.24. The zero-order valence-corrected chi connectivity index (χ0v) is 10.6. The van der Waals surface area contributed by atoms with Crippen LogP contribution in [0.4, 0.5) is 13.2 Å². The fraction of sp³-hybridized carbons (Fsp3) is 0.667. The van der Waals surface area contributed by atoms with E-state index >= 15 is 0 Å². The van der Waals surface area contributed by atoms with Crippen LogP contribution in [0.25, 0.3) is 0 Å². The maximum atomic E-state index is 12.2. The molecule has 0 bridgehead atoms. The van der Waals surface area contributed by atoms with Crippen molar-refractivity contribution >= 4 is 11.7 Å². The van der Waals surface area contributed by atoms with Crippen LogP contribution in [0, 0.1) is 5.92 Å². The lowest BCUT2D eigenvalue weighted by molar-refractivity contribution is -0.186. The predicted octanol–water partition coefficient (Wildman–Crippen LogP) is 1.91. The molecule has 0 aromatic rings. The van der Waals surface area contributed by atoms with Crippen LogP contribution in [0.15, 0.2) is 12.3 Å². The van der Waals surface area contributed by atoms with Crippen LogP contribution in [-0.2, 0) is 14.3 Å². The zero-order chi connectivity index (χ0) is 14.5. The predicted molar refractivity (Wildman–Crippen MR) is 61.1 cm³/mol. The molecule has 0 spiro atoms. The molecular formula is C12H16F3NO3. The van der Waals surface area contributed by atoms with Crippen molar-refractivity contribution in [3.8, 4) is 0 Å². The van der Waals surface area contributed by atoms with E-state index < -0.39 is 12.1 Å². The number of carbonyl (C=O) groups excluding carboxylic acids is 2. The highest BCUT2D eigenvalue weighted by molar-refractivity contribution is 5.91. The van der Waals surface area contributed by atoms with Gasteiger partial charge in [-0.15, -0.1) is 0 Å². The van der Waals surface area contributed by atoms with Crippen molar-refractivity contribution in [1.82, 2.24) is 4.90 Å². The second kappa shape index (κ2) is 6.58. The quantitative estimate of drug-likeness (QED) is 0.583. The Labute approximate surface area is 109 Å². The number of alkyl halides is 3. The largest absolute Gasteiger partial charge is 0.501 e. The van der Waals surface area contributed by atoms with Gasteiger partial charge in [-0.05, 0) is 19.8 Å². The lowest BCUT2D eigenvalue weighted by Gasteiger charge is -2.31. The Morgan fingerprint density at radius 1 is 1.32 bits per heavy atom. The highest BCUT2D eigenvalue weighted by Gasteiger charge is 2.43. The maximum Gasteiger partial charge on any atom is 0.471 e. The second-order valence-electron chi connectivity index (χ2n) is 4.22.